The maximum atomic E-state index is 13.0. The molecule has 1 aromatic heterocycles. The van der Waals surface area contributed by atoms with Gasteiger partial charge in [-0.1, -0.05) is 41.6 Å². The number of rotatable bonds is 6. The molecule has 2 N–H and O–H groups in total. The number of aromatic nitrogens is 2. The zero-order chi connectivity index (χ0) is 20.3. The Morgan fingerprint density at radius 1 is 1.39 bits per heavy atom. The molecular formula is C20H20ClN3O3S. The molecule has 1 atom stereocenters. The third kappa shape index (κ3) is 4.00. The van der Waals surface area contributed by atoms with Crippen molar-refractivity contribution in [2.75, 3.05) is 17.7 Å². The predicted octanol–water partition coefficient (Wildman–Crippen LogP) is 4.10. The Kier molecular flexibility index (Phi) is 6.26. The number of carbonyl (C=O) groups is 1. The zero-order valence-corrected chi connectivity index (χ0v) is 17.1. The van der Waals surface area contributed by atoms with Gasteiger partial charge >= 0.3 is 5.97 Å². The lowest BCUT2D eigenvalue weighted by molar-refractivity contribution is -0.138. The van der Waals surface area contributed by atoms with E-state index in [4.69, 9.17) is 16.3 Å². The largest absolute Gasteiger partial charge is 0.463 e. The highest BCUT2D eigenvalue weighted by Crippen LogP contribution is 2.40. The number of hydrogen-bond acceptors (Lipinski definition) is 6. The summed E-state index contributed by atoms with van der Waals surface area (Å²) in [4.78, 5) is 33.0. The van der Waals surface area contributed by atoms with Gasteiger partial charge in [0.15, 0.2) is 5.16 Å². The summed E-state index contributed by atoms with van der Waals surface area (Å²) in [5.74, 6) is -0.0312. The number of esters is 1. The second kappa shape index (κ2) is 8.67. The van der Waals surface area contributed by atoms with Crippen molar-refractivity contribution in [3.8, 4) is 0 Å². The van der Waals surface area contributed by atoms with E-state index in [9.17, 15) is 9.59 Å². The normalized spacial score (nSPS) is 15.6. The summed E-state index contributed by atoms with van der Waals surface area (Å²) in [6.45, 7) is 7.43. The second-order valence-electron chi connectivity index (χ2n) is 6.10. The summed E-state index contributed by atoms with van der Waals surface area (Å²) in [6.07, 6.45) is 1.73. The number of nitrogens with one attached hydrogen (secondary N) is 2. The number of fused-ring (bicyclic) bond motifs is 1. The molecule has 0 spiro atoms. The highest BCUT2D eigenvalue weighted by atomic mass is 35.5. The Morgan fingerprint density at radius 3 is 2.75 bits per heavy atom. The van der Waals surface area contributed by atoms with E-state index in [1.165, 1.54) is 11.8 Å². The highest BCUT2D eigenvalue weighted by Gasteiger charge is 2.36. The van der Waals surface area contributed by atoms with Crippen LogP contribution in [0.25, 0.3) is 0 Å². The standard InChI is InChI=1S/C20H20ClN3O3S/c1-4-10-28-20-23-17-16(18(25)24-20)15(12-6-8-13(21)9-7-12)14(11(3)22-17)19(26)27-5-2/h4,6-9,15H,1,5,10H2,2-3H3,(H2,22,23,24,25). The first-order chi connectivity index (χ1) is 13.5. The van der Waals surface area contributed by atoms with Crippen LogP contribution >= 0.6 is 23.4 Å². The van der Waals surface area contributed by atoms with E-state index in [2.05, 4.69) is 21.9 Å². The van der Waals surface area contributed by atoms with Crippen molar-refractivity contribution in [1.82, 2.24) is 9.97 Å². The molecule has 1 unspecified atom stereocenters. The van der Waals surface area contributed by atoms with E-state index < -0.39 is 11.9 Å². The van der Waals surface area contributed by atoms with E-state index in [0.29, 0.717) is 38.6 Å². The van der Waals surface area contributed by atoms with Gasteiger partial charge in [0.25, 0.3) is 5.56 Å². The van der Waals surface area contributed by atoms with E-state index in [1.54, 1.807) is 44.2 Å². The van der Waals surface area contributed by atoms with Gasteiger partial charge in [0.1, 0.15) is 5.82 Å². The fourth-order valence-corrected chi connectivity index (χ4v) is 3.83. The average Bonchev–Trinajstić information content (AvgIpc) is 2.66. The number of aromatic amines is 1. The summed E-state index contributed by atoms with van der Waals surface area (Å²) < 4.78 is 5.25. The Hall–Kier alpha value is -2.51. The number of nitrogens with zero attached hydrogens (tertiary/aromatic N) is 1. The van der Waals surface area contributed by atoms with Crippen LogP contribution in [0.5, 0.6) is 0 Å². The van der Waals surface area contributed by atoms with Crippen LogP contribution in [0.4, 0.5) is 5.82 Å². The first-order valence-electron chi connectivity index (χ1n) is 8.74. The Labute approximate surface area is 172 Å². The van der Waals surface area contributed by atoms with Crippen molar-refractivity contribution in [3.63, 3.8) is 0 Å². The Balaban J connectivity index is 2.19. The summed E-state index contributed by atoms with van der Waals surface area (Å²) in [5, 5.41) is 4.15. The number of halogens is 1. The zero-order valence-electron chi connectivity index (χ0n) is 15.5. The van der Waals surface area contributed by atoms with Crippen molar-refractivity contribution in [2.24, 2.45) is 0 Å². The topological polar surface area (TPSA) is 84.1 Å². The number of hydrogen-bond donors (Lipinski definition) is 2. The predicted molar refractivity (Wildman–Crippen MR) is 112 cm³/mol. The van der Waals surface area contributed by atoms with Gasteiger partial charge in [-0.15, -0.1) is 6.58 Å². The van der Waals surface area contributed by atoms with Gasteiger partial charge in [-0.2, -0.15) is 0 Å². The number of carbonyl (C=O) groups excluding carboxylic acids is 1. The van der Waals surface area contributed by atoms with Crippen molar-refractivity contribution < 1.29 is 9.53 Å². The minimum Gasteiger partial charge on any atom is -0.463 e. The molecule has 0 saturated heterocycles. The van der Waals surface area contributed by atoms with Crippen LogP contribution in [0, 0.1) is 0 Å². The number of allylic oxidation sites excluding steroid dienone is 1. The molecule has 146 valence electrons. The van der Waals surface area contributed by atoms with Crippen LogP contribution in [0.15, 0.2) is 58.1 Å². The first kappa shape index (κ1) is 20.2. The summed E-state index contributed by atoms with van der Waals surface area (Å²) in [6, 6.07) is 7.06. The van der Waals surface area contributed by atoms with E-state index in [-0.39, 0.29) is 12.2 Å². The van der Waals surface area contributed by atoms with Crippen molar-refractivity contribution in [2.45, 2.75) is 24.9 Å². The van der Waals surface area contributed by atoms with Crippen LogP contribution in [0.2, 0.25) is 5.02 Å². The molecule has 3 rings (SSSR count). The molecule has 0 bridgehead atoms. The molecule has 1 aliphatic rings. The number of benzene rings is 1. The highest BCUT2D eigenvalue weighted by molar-refractivity contribution is 7.99. The number of H-pyrrole nitrogens is 1. The molecule has 1 aromatic carbocycles. The first-order valence-corrected chi connectivity index (χ1v) is 10.1. The van der Waals surface area contributed by atoms with Gasteiger partial charge in [0.2, 0.25) is 0 Å². The molecule has 0 amide bonds. The number of ether oxygens (including phenoxy) is 1. The summed E-state index contributed by atoms with van der Waals surface area (Å²) in [5.41, 5.74) is 1.81. The molecule has 8 heteroatoms. The second-order valence-corrected chi connectivity index (χ2v) is 7.55. The molecule has 0 radical (unpaired) electrons. The van der Waals surface area contributed by atoms with Gasteiger partial charge in [-0.3, -0.25) is 4.79 Å². The maximum absolute atomic E-state index is 13.0. The van der Waals surface area contributed by atoms with Gasteiger partial charge in [-0.05, 0) is 31.5 Å². The lowest BCUT2D eigenvalue weighted by atomic mass is 9.82. The molecule has 2 heterocycles. The summed E-state index contributed by atoms with van der Waals surface area (Å²) in [7, 11) is 0. The van der Waals surface area contributed by atoms with Crippen molar-refractivity contribution in [3.05, 3.63) is 74.7 Å². The quantitative estimate of drug-likeness (QED) is 0.318. The molecule has 0 fully saturated rings. The monoisotopic (exact) mass is 417 g/mol. The molecular weight excluding hydrogens is 398 g/mol. The van der Waals surface area contributed by atoms with Crippen LogP contribution in [-0.4, -0.2) is 28.3 Å². The average molecular weight is 418 g/mol. The maximum Gasteiger partial charge on any atom is 0.336 e. The van der Waals surface area contributed by atoms with Crippen molar-refractivity contribution in [1.29, 1.82) is 0 Å². The molecule has 6 nitrogen and oxygen atoms in total. The SMILES string of the molecule is C=CCSc1nc2c(c(=O)[nH]1)C(c1ccc(Cl)cc1)C(C(=O)OCC)=C(C)N2. The van der Waals surface area contributed by atoms with Crippen LogP contribution < -0.4 is 10.9 Å². The molecule has 0 saturated carbocycles. The third-order valence-corrected chi connectivity index (χ3v) is 5.38. The van der Waals surface area contributed by atoms with Gasteiger partial charge in [-0.25, -0.2) is 9.78 Å². The fourth-order valence-electron chi connectivity index (χ4n) is 3.11. The fraction of sp³-hybridized carbons (Fsp3) is 0.250. The minimum atomic E-state index is -0.609. The van der Waals surface area contributed by atoms with Crippen LogP contribution in [0.1, 0.15) is 30.9 Å². The molecule has 28 heavy (non-hydrogen) atoms. The van der Waals surface area contributed by atoms with Gasteiger partial charge in [0.05, 0.1) is 23.7 Å². The van der Waals surface area contributed by atoms with E-state index >= 15 is 0 Å². The lowest BCUT2D eigenvalue weighted by Gasteiger charge is -2.28. The molecule has 0 aliphatic carbocycles. The van der Waals surface area contributed by atoms with Crippen molar-refractivity contribution >= 4 is 35.1 Å². The molecule has 2 aromatic rings. The Bertz CT molecular complexity index is 999. The molecule has 1 aliphatic heterocycles. The van der Waals surface area contributed by atoms with E-state index in [1.807, 2.05) is 0 Å². The number of thioether (sulfide) groups is 1. The number of anilines is 1. The van der Waals surface area contributed by atoms with Crippen LogP contribution in [-0.2, 0) is 9.53 Å². The van der Waals surface area contributed by atoms with Crippen LogP contribution in [0.3, 0.4) is 0 Å². The summed E-state index contributed by atoms with van der Waals surface area (Å²) >= 11 is 7.39. The lowest BCUT2D eigenvalue weighted by Crippen LogP contribution is -2.31. The third-order valence-electron chi connectivity index (χ3n) is 4.26. The van der Waals surface area contributed by atoms with Gasteiger partial charge in [0, 0.05) is 16.5 Å². The Morgan fingerprint density at radius 2 is 2.11 bits per heavy atom. The van der Waals surface area contributed by atoms with Gasteiger partial charge < -0.3 is 15.0 Å². The van der Waals surface area contributed by atoms with E-state index in [0.717, 1.165) is 5.56 Å². The minimum absolute atomic E-state index is 0.238. The smallest absolute Gasteiger partial charge is 0.336 e.